The minimum absolute atomic E-state index is 0.0546. The van der Waals surface area contributed by atoms with Gasteiger partial charge in [0.25, 0.3) is 5.88 Å². The maximum atomic E-state index is 12.4. The summed E-state index contributed by atoms with van der Waals surface area (Å²) < 4.78 is 10.8. The topological polar surface area (TPSA) is 48.4 Å². The molecule has 0 aliphatic heterocycles. The molecular weight excluding hydrogens is 302 g/mol. The van der Waals surface area contributed by atoms with Crippen LogP contribution in [0.3, 0.4) is 0 Å². The van der Waals surface area contributed by atoms with Crippen molar-refractivity contribution in [2.75, 3.05) is 7.11 Å². The summed E-state index contributed by atoms with van der Waals surface area (Å²) in [6, 6.07) is 7.44. The van der Waals surface area contributed by atoms with Gasteiger partial charge < -0.3 is 9.47 Å². The summed E-state index contributed by atoms with van der Waals surface area (Å²) >= 11 is 6.41. The van der Waals surface area contributed by atoms with Gasteiger partial charge in [0.2, 0.25) is 5.75 Å². The molecule has 0 bridgehead atoms. The van der Waals surface area contributed by atoms with E-state index < -0.39 is 0 Å². The van der Waals surface area contributed by atoms with Gasteiger partial charge in [-0.05, 0) is 18.9 Å². The van der Waals surface area contributed by atoms with Crippen molar-refractivity contribution in [2.24, 2.45) is 5.92 Å². The van der Waals surface area contributed by atoms with E-state index in [1.165, 1.54) is 13.5 Å². The molecule has 1 aliphatic carbocycles. The number of esters is 1. The van der Waals surface area contributed by atoms with E-state index in [1.54, 1.807) is 0 Å². The summed E-state index contributed by atoms with van der Waals surface area (Å²) in [5.74, 6) is 0.171. The first kappa shape index (κ1) is 15.1. The summed E-state index contributed by atoms with van der Waals surface area (Å²) in [4.78, 5) is 16.7. The number of hydrogen-bond donors (Lipinski definition) is 0. The highest BCUT2D eigenvalue weighted by molar-refractivity contribution is 6.37. The van der Waals surface area contributed by atoms with Crippen LogP contribution < -0.4 is 9.47 Å². The molecule has 1 aromatic heterocycles. The molecule has 22 heavy (non-hydrogen) atoms. The SMILES string of the molecule is COc1nc2ccccc2c(Cl)c1OC(=O)C1CCCCC1. The molecule has 0 radical (unpaired) electrons. The standard InChI is InChI=1S/C17H18ClNO3/c1-21-16-15(22-17(20)11-7-3-2-4-8-11)14(18)12-9-5-6-10-13(12)19-16/h5-6,9-11H,2-4,7-8H2,1H3. The Bertz CT molecular complexity index is 696. The van der Waals surface area contributed by atoms with Crippen LogP contribution in [0.2, 0.25) is 5.02 Å². The lowest BCUT2D eigenvalue weighted by molar-refractivity contribution is -0.140. The van der Waals surface area contributed by atoms with Crippen LogP contribution in [0, 0.1) is 5.92 Å². The molecule has 0 unspecified atom stereocenters. The van der Waals surface area contributed by atoms with Gasteiger partial charge in [0.1, 0.15) is 0 Å². The van der Waals surface area contributed by atoms with Gasteiger partial charge in [0.15, 0.2) is 0 Å². The van der Waals surface area contributed by atoms with Crippen molar-refractivity contribution in [2.45, 2.75) is 32.1 Å². The van der Waals surface area contributed by atoms with Crippen molar-refractivity contribution in [3.8, 4) is 11.6 Å². The fourth-order valence-electron chi connectivity index (χ4n) is 2.88. The van der Waals surface area contributed by atoms with Crippen LogP contribution in [-0.2, 0) is 4.79 Å². The molecular formula is C17H18ClNO3. The monoisotopic (exact) mass is 319 g/mol. The van der Waals surface area contributed by atoms with Crippen molar-refractivity contribution >= 4 is 28.5 Å². The number of benzene rings is 1. The molecule has 3 rings (SSSR count). The van der Waals surface area contributed by atoms with Crippen molar-refractivity contribution < 1.29 is 14.3 Å². The van der Waals surface area contributed by atoms with E-state index >= 15 is 0 Å². The Morgan fingerprint density at radius 2 is 1.95 bits per heavy atom. The number of aromatic nitrogens is 1. The maximum absolute atomic E-state index is 12.4. The van der Waals surface area contributed by atoms with Crippen molar-refractivity contribution in [3.63, 3.8) is 0 Å². The van der Waals surface area contributed by atoms with E-state index in [-0.39, 0.29) is 23.5 Å². The lowest BCUT2D eigenvalue weighted by Crippen LogP contribution is -2.23. The van der Waals surface area contributed by atoms with E-state index in [9.17, 15) is 4.79 Å². The van der Waals surface area contributed by atoms with Gasteiger partial charge in [0.05, 0.1) is 23.6 Å². The van der Waals surface area contributed by atoms with E-state index in [2.05, 4.69) is 4.98 Å². The first-order chi connectivity index (χ1) is 10.7. The number of rotatable bonds is 3. The highest BCUT2D eigenvalue weighted by atomic mass is 35.5. The van der Waals surface area contributed by atoms with Crippen LogP contribution in [0.25, 0.3) is 10.9 Å². The summed E-state index contributed by atoms with van der Waals surface area (Å²) in [5, 5.41) is 1.11. The zero-order chi connectivity index (χ0) is 15.5. The lowest BCUT2D eigenvalue weighted by atomic mass is 9.89. The molecule has 1 heterocycles. The Labute approximate surface area is 134 Å². The van der Waals surface area contributed by atoms with Gasteiger partial charge in [-0.1, -0.05) is 49.1 Å². The second-order valence-corrected chi connectivity index (χ2v) is 5.92. The van der Waals surface area contributed by atoms with Gasteiger partial charge in [-0.15, -0.1) is 0 Å². The zero-order valence-corrected chi connectivity index (χ0v) is 13.2. The van der Waals surface area contributed by atoms with Crippen LogP contribution in [0.4, 0.5) is 0 Å². The third-order valence-corrected chi connectivity index (χ3v) is 4.47. The summed E-state index contributed by atoms with van der Waals surface area (Å²) in [6.45, 7) is 0. The first-order valence-electron chi connectivity index (χ1n) is 7.54. The minimum Gasteiger partial charge on any atom is -0.478 e. The molecule has 1 fully saturated rings. The Morgan fingerprint density at radius 3 is 2.68 bits per heavy atom. The van der Waals surface area contributed by atoms with Crippen LogP contribution in [0.1, 0.15) is 32.1 Å². The van der Waals surface area contributed by atoms with E-state index in [1.807, 2.05) is 24.3 Å². The molecule has 0 atom stereocenters. The molecule has 1 saturated carbocycles. The zero-order valence-electron chi connectivity index (χ0n) is 12.5. The number of carbonyl (C=O) groups excluding carboxylic acids is 1. The van der Waals surface area contributed by atoms with E-state index in [0.717, 1.165) is 31.1 Å². The molecule has 5 heteroatoms. The lowest BCUT2D eigenvalue weighted by Gasteiger charge is -2.20. The van der Waals surface area contributed by atoms with Gasteiger partial charge in [-0.3, -0.25) is 4.79 Å². The van der Waals surface area contributed by atoms with E-state index in [4.69, 9.17) is 21.1 Å². The number of fused-ring (bicyclic) bond motifs is 1. The van der Waals surface area contributed by atoms with Crippen molar-refractivity contribution in [1.82, 2.24) is 4.98 Å². The fraction of sp³-hybridized carbons (Fsp3) is 0.412. The molecule has 0 saturated heterocycles. The third kappa shape index (κ3) is 2.88. The number of methoxy groups -OCH3 is 1. The Morgan fingerprint density at radius 1 is 1.23 bits per heavy atom. The Balaban J connectivity index is 1.94. The summed E-state index contributed by atoms with van der Waals surface area (Å²) in [7, 11) is 1.49. The average molecular weight is 320 g/mol. The van der Waals surface area contributed by atoms with E-state index in [0.29, 0.717) is 10.5 Å². The molecule has 0 spiro atoms. The average Bonchev–Trinajstić information content (AvgIpc) is 2.58. The largest absolute Gasteiger partial charge is 0.478 e. The highest BCUT2D eigenvalue weighted by Crippen LogP contribution is 2.39. The Hall–Kier alpha value is -1.81. The van der Waals surface area contributed by atoms with Gasteiger partial charge in [0, 0.05) is 5.39 Å². The second kappa shape index (κ2) is 6.53. The van der Waals surface area contributed by atoms with Crippen LogP contribution >= 0.6 is 11.6 Å². The predicted octanol–water partition coefficient (Wildman–Crippen LogP) is 4.38. The van der Waals surface area contributed by atoms with Gasteiger partial charge in [-0.25, -0.2) is 4.98 Å². The summed E-state index contributed by atoms with van der Waals surface area (Å²) in [5.41, 5.74) is 0.710. The molecule has 0 N–H and O–H groups in total. The molecule has 1 aliphatic rings. The number of nitrogens with zero attached hydrogens (tertiary/aromatic N) is 1. The number of hydrogen-bond acceptors (Lipinski definition) is 4. The molecule has 116 valence electrons. The normalized spacial score (nSPS) is 15.7. The number of pyridine rings is 1. The predicted molar refractivity (Wildman–Crippen MR) is 85.5 cm³/mol. The number of carbonyl (C=O) groups is 1. The quantitative estimate of drug-likeness (QED) is 0.788. The highest BCUT2D eigenvalue weighted by Gasteiger charge is 2.26. The van der Waals surface area contributed by atoms with Crippen LogP contribution in [-0.4, -0.2) is 18.1 Å². The van der Waals surface area contributed by atoms with Crippen molar-refractivity contribution in [3.05, 3.63) is 29.3 Å². The smallest absolute Gasteiger partial charge is 0.314 e. The fourth-order valence-corrected chi connectivity index (χ4v) is 3.16. The maximum Gasteiger partial charge on any atom is 0.314 e. The summed E-state index contributed by atoms with van der Waals surface area (Å²) in [6.07, 6.45) is 5.08. The molecule has 1 aromatic carbocycles. The number of ether oxygens (including phenoxy) is 2. The first-order valence-corrected chi connectivity index (χ1v) is 7.92. The minimum atomic E-state index is -0.239. The van der Waals surface area contributed by atoms with Crippen LogP contribution in [0.5, 0.6) is 11.6 Å². The third-order valence-electron chi connectivity index (χ3n) is 4.09. The molecule has 2 aromatic rings. The van der Waals surface area contributed by atoms with Gasteiger partial charge in [-0.2, -0.15) is 0 Å². The Kier molecular flexibility index (Phi) is 4.48. The molecule has 0 amide bonds. The molecule has 4 nitrogen and oxygen atoms in total. The van der Waals surface area contributed by atoms with Gasteiger partial charge >= 0.3 is 5.97 Å². The van der Waals surface area contributed by atoms with Crippen LogP contribution in [0.15, 0.2) is 24.3 Å². The number of halogens is 1. The second-order valence-electron chi connectivity index (χ2n) is 5.54. The number of para-hydroxylation sites is 1. The van der Waals surface area contributed by atoms with Crippen molar-refractivity contribution in [1.29, 1.82) is 0 Å².